The molecule has 5 nitrogen and oxygen atoms in total. The Balaban J connectivity index is 1.54. The van der Waals surface area contributed by atoms with Gasteiger partial charge < -0.3 is 0 Å². The van der Waals surface area contributed by atoms with Crippen molar-refractivity contribution in [3.8, 4) is 0 Å². The van der Waals surface area contributed by atoms with E-state index in [-0.39, 0.29) is 5.91 Å². The van der Waals surface area contributed by atoms with Crippen LogP contribution in [0.4, 0.5) is 0 Å². The number of aryl methyl sites for hydroxylation is 3. The molecule has 2 heterocycles. The number of hydrogen-bond acceptors (Lipinski definition) is 6. The lowest BCUT2D eigenvalue weighted by molar-refractivity contribution is 0.0955. The first-order valence-corrected chi connectivity index (χ1v) is 10.2. The second kappa shape index (κ2) is 8.92. The molecule has 3 aromatic rings. The van der Waals surface area contributed by atoms with Gasteiger partial charge in [0, 0.05) is 32.5 Å². The minimum absolute atomic E-state index is 0.226. The van der Waals surface area contributed by atoms with Crippen LogP contribution in [0.1, 0.15) is 37.1 Å². The van der Waals surface area contributed by atoms with Crippen molar-refractivity contribution in [2.24, 2.45) is 5.10 Å². The summed E-state index contributed by atoms with van der Waals surface area (Å²) in [6, 6.07) is 13.4. The van der Waals surface area contributed by atoms with Crippen molar-refractivity contribution in [1.29, 1.82) is 0 Å². The molecule has 7 heteroatoms. The van der Waals surface area contributed by atoms with Crippen LogP contribution >= 0.6 is 23.1 Å². The molecule has 0 unspecified atom stereocenters. The molecular formula is C20H20N4OS2. The predicted molar refractivity (Wildman–Crippen MR) is 112 cm³/mol. The van der Waals surface area contributed by atoms with E-state index in [2.05, 4.69) is 20.5 Å². The smallest absolute Gasteiger partial charge is 0.267 e. The van der Waals surface area contributed by atoms with E-state index in [1.807, 2.05) is 51.1 Å². The Morgan fingerprint density at radius 1 is 1.11 bits per heavy atom. The largest absolute Gasteiger partial charge is 0.271 e. The summed E-state index contributed by atoms with van der Waals surface area (Å²) >= 11 is 3.21. The standard InChI is InChI=1S/C20H20N4OS2/c1-13-10-14(2)23-20(22-13)26-12-16-5-7-17(8-6-16)19(25)24-21-11-18-9-4-15(3)27-18/h4-11H,12H2,1-3H3,(H,24,25)/b21-11+. The van der Waals surface area contributed by atoms with Crippen LogP contribution < -0.4 is 5.43 Å². The minimum Gasteiger partial charge on any atom is -0.267 e. The van der Waals surface area contributed by atoms with Crippen LogP contribution in [0, 0.1) is 20.8 Å². The number of benzene rings is 1. The fraction of sp³-hybridized carbons (Fsp3) is 0.200. The molecule has 0 radical (unpaired) electrons. The molecule has 27 heavy (non-hydrogen) atoms. The third-order valence-electron chi connectivity index (χ3n) is 3.66. The van der Waals surface area contributed by atoms with Gasteiger partial charge in [-0.15, -0.1) is 11.3 Å². The van der Waals surface area contributed by atoms with Crippen LogP contribution in [-0.4, -0.2) is 22.1 Å². The Morgan fingerprint density at radius 3 is 2.44 bits per heavy atom. The number of rotatable bonds is 6. The van der Waals surface area contributed by atoms with Gasteiger partial charge in [0.05, 0.1) is 6.21 Å². The van der Waals surface area contributed by atoms with Crippen molar-refractivity contribution in [2.75, 3.05) is 0 Å². The molecule has 0 aliphatic carbocycles. The van der Waals surface area contributed by atoms with Gasteiger partial charge in [0.2, 0.25) is 0 Å². The molecular weight excluding hydrogens is 376 g/mol. The molecule has 0 saturated heterocycles. The number of hydrazone groups is 1. The summed E-state index contributed by atoms with van der Waals surface area (Å²) in [5, 5.41) is 4.78. The molecule has 1 N–H and O–H groups in total. The van der Waals surface area contributed by atoms with E-state index in [9.17, 15) is 4.79 Å². The molecule has 0 aliphatic rings. The third kappa shape index (κ3) is 5.74. The van der Waals surface area contributed by atoms with Crippen molar-refractivity contribution in [1.82, 2.24) is 15.4 Å². The first-order valence-electron chi connectivity index (χ1n) is 8.43. The van der Waals surface area contributed by atoms with Gasteiger partial charge in [0.15, 0.2) is 5.16 Å². The van der Waals surface area contributed by atoms with E-state index >= 15 is 0 Å². The number of nitrogens with zero attached hydrogens (tertiary/aromatic N) is 3. The summed E-state index contributed by atoms with van der Waals surface area (Å²) in [5.41, 5.74) is 6.18. The van der Waals surface area contributed by atoms with Gasteiger partial charge in [-0.2, -0.15) is 5.10 Å². The monoisotopic (exact) mass is 396 g/mol. The normalized spacial score (nSPS) is 11.1. The van der Waals surface area contributed by atoms with Gasteiger partial charge >= 0.3 is 0 Å². The lowest BCUT2D eigenvalue weighted by atomic mass is 10.1. The lowest BCUT2D eigenvalue weighted by Gasteiger charge is -2.04. The molecule has 1 aromatic carbocycles. The highest BCUT2D eigenvalue weighted by Crippen LogP contribution is 2.20. The average molecular weight is 397 g/mol. The summed E-state index contributed by atoms with van der Waals surface area (Å²) < 4.78 is 0. The fourth-order valence-electron chi connectivity index (χ4n) is 2.40. The number of thioether (sulfide) groups is 1. The molecule has 0 aliphatic heterocycles. The Bertz CT molecular complexity index is 944. The predicted octanol–water partition coefficient (Wildman–Crippen LogP) is 4.52. The molecule has 2 aromatic heterocycles. The highest BCUT2D eigenvalue weighted by atomic mass is 32.2. The summed E-state index contributed by atoms with van der Waals surface area (Å²) in [4.78, 5) is 23.2. The maximum Gasteiger partial charge on any atom is 0.271 e. The topological polar surface area (TPSA) is 67.2 Å². The number of nitrogens with one attached hydrogen (secondary N) is 1. The van der Waals surface area contributed by atoms with Gasteiger partial charge in [0.1, 0.15) is 0 Å². The zero-order valence-corrected chi connectivity index (χ0v) is 17.0. The van der Waals surface area contributed by atoms with Crippen LogP contribution in [0.5, 0.6) is 0 Å². The zero-order chi connectivity index (χ0) is 19.2. The van der Waals surface area contributed by atoms with Gasteiger partial charge in [-0.05, 0) is 56.7 Å². The summed E-state index contributed by atoms with van der Waals surface area (Å²) in [6.45, 7) is 5.97. The molecule has 0 spiro atoms. The van der Waals surface area contributed by atoms with E-state index in [1.165, 1.54) is 4.88 Å². The van der Waals surface area contributed by atoms with Crippen LogP contribution in [0.3, 0.4) is 0 Å². The summed E-state index contributed by atoms with van der Waals surface area (Å²) in [6.07, 6.45) is 1.66. The Kier molecular flexibility index (Phi) is 6.36. The highest BCUT2D eigenvalue weighted by molar-refractivity contribution is 7.98. The van der Waals surface area contributed by atoms with E-state index in [0.29, 0.717) is 5.56 Å². The molecule has 1 amide bonds. The number of thiophene rings is 1. The first kappa shape index (κ1) is 19.3. The number of carbonyl (C=O) groups is 1. The minimum atomic E-state index is -0.226. The number of hydrogen-bond donors (Lipinski definition) is 1. The summed E-state index contributed by atoms with van der Waals surface area (Å²) in [5.74, 6) is 0.525. The van der Waals surface area contributed by atoms with Crippen molar-refractivity contribution in [2.45, 2.75) is 31.7 Å². The number of carbonyl (C=O) groups excluding carboxylic acids is 1. The highest BCUT2D eigenvalue weighted by Gasteiger charge is 2.06. The van der Waals surface area contributed by atoms with E-state index in [0.717, 1.165) is 32.7 Å². The Morgan fingerprint density at radius 2 is 1.81 bits per heavy atom. The van der Waals surface area contributed by atoms with E-state index < -0.39 is 0 Å². The van der Waals surface area contributed by atoms with Gasteiger partial charge in [-0.3, -0.25) is 4.79 Å². The SMILES string of the molecule is Cc1cc(C)nc(SCc2ccc(C(=O)N/N=C/c3ccc(C)s3)cc2)n1. The second-order valence-corrected chi connectivity index (χ2v) is 8.33. The van der Waals surface area contributed by atoms with Crippen molar-refractivity contribution < 1.29 is 4.79 Å². The molecule has 0 fully saturated rings. The van der Waals surface area contributed by atoms with Gasteiger partial charge in [-0.25, -0.2) is 15.4 Å². The van der Waals surface area contributed by atoms with Crippen LogP contribution in [0.2, 0.25) is 0 Å². The summed E-state index contributed by atoms with van der Waals surface area (Å²) in [7, 11) is 0. The maximum atomic E-state index is 12.2. The zero-order valence-electron chi connectivity index (χ0n) is 15.4. The lowest BCUT2D eigenvalue weighted by Crippen LogP contribution is -2.17. The molecule has 0 bridgehead atoms. The molecule has 3 rings (SSSR count). The van der Waals surface area contributed by atoms with E-state index in [1.54, 1.807) is 41.4 Å². The Labute approximate surface area is 167 Å². The fourth-order valence-corrected chi connectivity index (χ4v) is 4.05. The maximum absolute atomic E-state index is 12.2. The first-order chi connectivity index (χ1) is 13.0. The average Bonchev–Trinajstić information content (AvgIpc) is 3.05. The Hall–Kier alpha value is -2.51. The van der Waals surface area contributed by atoms with Crippen LogP contribution in [-0.2, 0) is 5.75 Å². The second-order valence-electron chi connectivity index (χ2n) is 6.07. The number of aromatic nitrogens is 2. The number of amides is 1. The van der Waals surface area contributed by atoms with Crippen LogP contribution in [0.25, 0.3) is 0 Å². The third-order valence-corrected chi connectivity index (χ3v) is 5.52. The van der Waals surface area contributed by atoms with Gasteiger partial charge in [-0.1, -0.05) is 23.9 Å². The molecule has 0 atom stereocenters. The van der Waals surface area contributed by atoms with Crippen molar-refractivity contribution in [3.05, 3.63) is 74.7 Å². The van der Waals surface area contributed by atoms with Crippen LogP contribution in [0.15, 0.2) is 52.7 Å². The van der Waals surface area contributed by atoms with Gasteiger partial charge in [0.25, 0.3) is 5.91 Å². The van der Waals surface area contributed by atoms with Crippen molar-refractivity contribution in [3.63, 3.8) is 0 Å². The quantitative estimate of drug-likeness (QED) is 0.288. The molecule has 138 valence electrons. The van der Waals surface area contributed by atoms with E-state index in [4.69, 9.17) is 0 Å². The molecule has 0 saturated carbocycles. The van der Waals surface area contributed by atoms with Crippen molar-refractivity contribution >= 4 is 35.2 Å².